The fourth-order valence-electron chi connectivity index (χ4n) is 4.55. The van der Waals surface area contributed by atoms with Gasteiger partial charge in [-0.05, 0) is 69.7 Å². The largest absolute Gasteiger partial charge is 0.490 e. The summed E-state index contributed by atoms with van der Waals surface area (Å²) in [6, 6.07) is 2.07. The molecule has 164 valence electrons. The van der Waals surface area contributed by atoms with Gasteiger partial charge in [0, 0.05) is 19.7 Å². The number of carbonyl (C=O) groups excluding carboxylic acids is 2. The zero-order valence-corrected chi connectivity index (χ0v) is 18.5. The average molecular weight is 417 g/mol. The predicted molar refractivity (Wildman–Crippen MR) is 113 cm³/mol. The van der Waals surface area contributed by atoms with Crippen molar-refractivity contribution in [3.63, 3.8) is 0 Å². The third kappa shape index (κ3) is 4.13. The summed E-state index contributed by atoms with van der Waals surface area (Å²) in [5, 5.41) is 0. The van der Waals surface area contributed by atoms with Crippen LogP contribution in [-0.2, 0) is 27.1 Å². The van der Waals surface area contributed by atoms with Gasteiger partial charge in [-0.25, -0.2) is 4.79 Å². The molecule has 1 aromatic rings. The van der Waals surface area contributed by atoms with Crippen molar-refractivity contribution in [3.8, 4) is 5.75 Å². The van der Waals surface area contributed by atoms with Crippen molar-refractivity contribution in [1.82, 2.24) is 4.90 Å². The molecule has 0 bridgehead atoms. The van der Waals surface area contributed by atoms with E-state index in [0.29, 0.717) is 39.5 Å². The number of anilines is 1. The molecule has 0 aliphatic carbocycles. The monoisotopic (exact) mass is 416 g/mol. The summed E-state index contributed by atoms with van der Waals surface area (Å²) in [6.07, 6.45) is 1.99. The Morgan fingerprint density at radius 1 is 1.13 bits per heavy atom. The van der Waals surface area contributed by atoms with Crippen molar-refractivity contribution in [1.29, 1.82) is 0 Å². The van der Waals surface area contributed by atoms with Gasteiger partial charge in [-0.15, -0.1) is 0 Å². The van der Waals surface area contributed by atoms with Gasteiger partial charge < -0.3 is 24.0 Å². The molecule has 7 heteroatoms. The van der Waals surface area contributed by atoms with Crippen molar-refractivity contribution in [2.75, 3.05) is 44.4 Å². The standard InChI is InChI=1S/C23H32N2O5/c1-15-18-6-9-24(22(27)30-23(2,3)4)8-5-16(18)13-19-20(15)25(10-12-29-19)21(26)17-7-11-28-14-17/h13,17H,5-12,14H2,1-4H3. The summed E-state index contributed by atoms with van der Waals surface area (Å²) in [5.74, 6) is 0.830. The molecule has 3 heterocycles. The maximum atomic E-state index is 13.1. The molecule has 0 spiro atoms. The Morgan fingerprint density at radius 3 is 2.60 bits per heavy atom. The van der Waals surface area contributed by atoms with E-state index in [4.69, 9.17) is 14.2 Å². The van der Waals surface area contributed by atoms with E-state index in [0.717, 1.165) is 36.3 Å². The minimum atomic E-state index is -0.510. The van der Waals surface area contributed by atoms with Crippen LogP contribution < -0.4 is 9.64 Å². The summed E-state index contributed by atoms with van der Waals surface area (Å²) < 4.78 is 17.0. The first-order valence-corrected chi connectivity index (χ1v) is 10.9. The van der Waals surface area contributed by atoms with Gasteiger partial charge in [-0.1, -0.05) is 0 Å². The molecule has 3 aliphatic rings. The molecule has 0 N–H and O–H groups in total. The van der Waals surface area contributed by atoms with Crippen LogP contribution in [0.5, 0.6) is 5.75 Å². The molecular weight excluding hydrogens is 384 g/mol. The first kappa shape index (κ1) is 21.0. The highest BCUT2D eigenvalue weighted by Crippen LogP contribution is 2.41. The van der Waals surface area contributed by atoms with E-state index >= 15 is 0 Å². The molecule has 0 radical (unpaired) electrons. The first-order chi connectivity index (χ1) is 14.2. The molecule has 0 aromatic heterocycles. The van der Waals surface area contributed by atoms with E-state index in [2.05, 4.69) is 13.0 Å². The van der Waals surface area contributed by atoms with Crippen molar-refractivity contribution in [2.45, 2.75) is 52.6 Å². The molecule has 0 saturated carbocycles. The fourth-order valence-corrected chi connectivity index (χ4v) is 4.55. The predicted octanol–water partition coefficient (Wildman–Crippen LogP) is 3.09. The molecule has 1 saturated heterocycles. The van der Waals surface area contributed by atoms with Gasteiger partial charge in [0.05, 0.1) is 24.8 Å². The van der Waals surface area contributed by atoms with Crippen molar-refractivity contribution < 1.29 is 23.8 Å². The van der Waals surface area contributed by atoms with Crippen molar-refractivity contribution in [2.24, 2.45) is 5.92 Å². The van der Waals surface area contributed by atoms with E-state index in [1.807, 2.05) is 25.7 Å². The average Bonchev–Trinajstić information content (AvgIpc) is 3.13. The Hall–Kier alpha value is -2.28. The van der Waals surface area contributed by atoms with Gasteiger partial charge in [0.1, 0.15) is 18.0 Å². The smallest absolute Gasteiger partial charge is 0.410 e. The summed E-state index contributed by atoms with van der Waals surface area (Å²) in [5.41, 5.74) is 3.87. The summed E-state index contributed by atoms with van der Waals surface area (Å²) in [7, 11) is 0. The Labute approximate surface area is 178 Å². The van der Waals surface area contributed by atoms with Gasteiger partial charge >= 0.3 is 6.09 Å². The third-order valence-electron chi connectivity index (χ3n) is 6.06. The Bertz CT molecular complexity index is 839. The highest BCUT2D eigenvalue weighted by Gasteiger charge is 2.34. The van der Waals surface area contributed by atoms with Crippen LogP contribution in [0.4, 0.5) is 10.5 Å². The lowest BCUT2D eigenvalue weighted by Crippen LogP contribution is -2.42. The van der Waals surface area contributed by atoms with Gasteiger partial charge in [0.15, 0.2) is 0 Å². The maximum Gasteiger partial charge on any atom is 0.410 e. The molecule has 2 amide bonds. The second kappa shape index (κ2) is 8.10. The quantitative estimate of drug-likeness (QED) is 0.704. The molecule has 4 rings (SSSR count). The number of hydrogen-bond donors (Lipinski definition) is 0. The fraction of sp³-hybridized carbons (Fsp3) is 0.652. The van der Waals surface area contributed by atoms with Crippen LogP contribution in [0.3, 0.4) is 0 Å². The van der Waals surface area contributed by atoms with Crippen LogP contribution in [0.25, 0.3) is 0 Å². The molecule has 1 unspecified atom stereocenters. The summed E-state index contributed by atoms with van der Waals surface area (Å²) in [6.45, 7) is 11.1. The molecule has 1 aromatic carbocycles. The SMILES string of the molecule is Cc1c2c(cc3c1N(C(=O)C1CCOC1)CCO3)CCN(C(=O)OC(C)(C)C)CC2. The van der Waals surface area contributed by atoms with Crippen LogP contribution in [0.1, 0.15) is 43.9 Å². The minimum Gasteiger partial charge on any atom is -0.490 e. The number of carbonyl (C=O) groups is 2. The zero-order chi connectivity index (χ0) is 21.5. The lowest BCUT2D eigenvalue weighted by Gasteiger charge is -2.34. The van der Waals surface area contributed by atoms with E-state index < -0.39 is 5.60 Å². The molecule has 3 aliphatic heterocycles. The van der Waals surface area contributed by atoms with E-state index in [-0.39, 0.29) is 17.9 Å². The van der Waals surface area contributed by atoms with Gasteiger partial charge in [0.2, 0.25) is 5.91 Å². The third-order valence-corrected chi connectivity index (χ3v) is 6.06. The van der Waals surface area contributed by atoms with Crippen molar-refractivity contribution >= 4 is 17.7 Å². The lowest BCUT2D eigenvalue weighted by atomic mass is 9.94. The molecule has 1 atom stereocenters. The van der Waals surface area contributed by atoms with E-state index in [1.165, 1.54) is 11.1 Å². The highest BCUT2D eigenvalue weighted by molar-refractivity contribution is 5.98. The lowest BCUT2D eigenvalue weighted by molar-refractivity contribution is -0.122. The van der Waals surface area contributed by atoms with Gasteiger partial charge in [-0.3, -0.25) is 4.79 Å². The normalized spacial score (nSPS) is 21.4. The Kier molecular flexibility index (Phi) is 5.66. The number of hydrogen-bond acceptors (Lipinski definition) is 5. The molecule has 1 fully saturated rings. The number of nitrogens with zero attached hydrogens (tertiary/aromatic N) is 2. The summed E-state index contributed by atoms with van der Waals surface area (Å²) in [4.78, 5) is 29.4. The Morgan fingerprint density at radius 2 is 1.90 bits per heavy atom. The number of fused-ring (bicyclic) bond motifs is 2. The second-order valence-corrected chi connectivity index (χ2v) is 9.35. The zero-order valence-electron chi connectivity index (χ0n) is 18.5. The van der Waals surface area contributed by atoms with Crippen LogP contribution in [0.15, 0.2) is 6.07 Å². The topological polar surface area (TPSA) is 68.3 Å². The van der Waals surface area contributed by atoms with Crippen LogP contribution in [0, 0.1) is 12.8 Å². The van der Waals surface area contributed by atoms with Crippen LogP contribution in [0.2, 0.25) is 0 Å². The van der Waals surface area contributed by atoms with E-state index in [9.17, 15) is 9.59 Å². The molecule has 30 heavy (non-hydrogen) atoms. The highest BCUT2D eigenvalue weighted by atomic mass is 16.6. The van der Waals surface area contributed by atoms with Crippen LogP contribution in [-0.4, -0.2) is 62.0 Å². The number of rotatable bonds is 1. The summed E-state index contributed by atoms with van der Waals surface area (Å²) >= 11 is 0. The molecular formula is C23H32N2O5. The van der Waals surface area contributed by atoms with E-state index in [1.54, 1.807) is 4.90 Å². The van der Waals surface area contributed by atoms with Gasteiger partial charge in [-0.2, -0.15) is 0 Å². The number of ether oxygens (including phenoxy) is 3. The Balaban J connectivity index is 1.59. The minimum absolute atomic E-state index is 0.0724. The number of amides is 2. The first-order valence-electron chi connectivity index (χ1n) is 10.9. The van der Waals surface area contributed by atoms with Gasteiger partial charge in [0.25, 0.3) is 0 Å². The van der Waals surface area contributed by atoms with Crippen LogP contribution >= 0.6 is 0 Å². The van der Waals surface area contributed by atoms with Crippen molar-refractivity contribution in [3.05, 3.63) is 22.8 Å². The number of benzene rings is 1. The second-order valence-electron chi connectivity index (χ2n) is 9.35. The molecule has 7 nitrogen and oxygen atoms in total. The maximum absolute atomic E-state index is 13.1.